The fourth-order valence-corrected chi connectivity index (χ4v) is 3.71. The Bertz CT molecular complexity index is 443. The molecule has 94 valence electrons. The normalized spacial score (nSPS) is 29.2. The molecule has 0 saturated heterocycles. The molecule has 3 rings (SSSR count). The molecule has 0 aliphatic heterocycles. The van der Waals surface area contributed by atoms with Gasteiger partial charge in [-0.15, -0.1) is 0 Å². The Labute approximate surface area is 109 Å². The van der Waals surface area contributed by atoms with Crippen LogP contribution in [0, 0.1) is 29.1 Å². The van der Waals surface area contributed by atoms with E-state index >= 15 is 0 Å². The van der Waals surface area contributed by atoms with Crippen LogP contribution in [0.5, 0.6) is 0 Å². The van der Waals surface area contributed by atoms with Crippen LogP contribution >= 0.6 is 0 Å². The Morgan fingerprint density at radius 2 is 2.00 bits per heavy atom. The number of benzene rings is 1. The molecule has 0 aromatic heterocycles. The van der Waals surface area contributed by atoms with Crippen molar-refractivity contribution < 1.29 is 0 Å². The fraction of sp³-hybridized carbons (Fsp3) is 0.562. The van der Waals surface area contributed by atoms with Crippen molar-refractivity contribution in [2.45, 2.75) is 32.1 Å². The maximum Gasteiger partial charge on any atom is 0.0669 e. The molecule has 3 unspecified atom stereocenters. The highest BCUT2D eigenvalue weighted by molar-refractivity contribution is 5.45. The largest absolute Gasteiger partial charge is 0.385 e. The van der Waals surface area contributed by atoms with Crippen LogP contribution in [-0.4, -0.2) is 6.54 Å². The van der Waals surface area contributed by atoms with Gasteiger partial charge in [0.15, 0.2) is 0 Å². The van der Waals surface area contributed by atoms with Crippen LogP contribution in [0.15, 0.2) is 24.3 Å². The summed E-state index contributed by atoms with van der Waals surface area (Å²) in [5.41, 5.74) is 2.29. The van der Waals surface area contributed by atoms with E-state index in [0.717, 1.165) is 29.9 Å². The minimum absolute atomic E-state index is 0.507. The van der Waals surface area contributed by atoms with Gasteiger partial charge in [0.1, 0.15) is 0 Å². The van der Waals surface area contributed by atoms with Gasteiger partial charge in [0.2, 0.25) is 0 Å². The van der Waals surface area contributed by atoms with Crippen molar-refractivity contribution in [1.29, 1.82) is 5.26 Å². The number of anilines is 1. The van der Waals surface area contributed by atoms with Crippen LogP contribution in [0.4, 0.5) is 5.69 Å². The molecule has 0 radical (unpaired) electrons. The summed E-state index contributed by atoms with van der Waals surface area (Å²) in [5, 5.41) is 12.2. The number of hydrogen-bond donors (Lipinski definition) is 1. The lowest BCUT2D eigenvalue weighted by Gasteiger charge is -2.22. The van der Waals surface area contributed by atoms with Crippen molar-refractivity contribution >= 4 is 5.69 Å². The molecule has 3 atom stereocenters. The van der Waals surface area contributed by atoms with Crippen LogP contribution < -0.4 is 5.32 Å². The molecule has 2 saturated carbocycles. The van der Waals surface area contributed by atoms with Crippen LogP contribution in [0.25, 0.3) is 0 Å². The fourth-order valence-electron chi connectivity index (χ4n) is 3.71. The summed E-state index contributed by atoms with van der Waals surface area (Å²) < 4.78 is 0. The first-order chi connectivity index (χ1) is 8.85. The van der Waals surface area contributed by atoms with Gasteiger partial charge in [-0.3, -0.25) is 0 Å². The van der Waals surface area contributed by atoms with E-state index in [2.05, 4.69) is 23.5 Å². The topological polar surface area (TPSA) is 35.8 Å². The average molecular weight is 240 g/mol. The molecule has 2 aliphatic carbocycles. The van der Waals surface area contributed by atoms with Crippen molar-refractivity contribution in [1.82, 2.24) is 0 Å². The van der Waals surface area contributed by atoms with Gasteiger partial charge in [0, 0.05) is 12.2 Å². The van der Waals surface area contributed by atoms with Gasteiger partial charge in [-0.2, -0.15) is 5.26 Å². The zero-order valence-corrected chi connectivity index (χ0v) is 10.7. The van der Waals surface area contributed by atoms with E-state index in [1.165, 1.54) is 31.4 Å². The Hall–Kier alpha value is -1.49. The zero-order chi connectivity index (χ0) is 12.4. The van der Waals surface area contributed by atoms with Crippen molar-refractivity contribution in [3.8, 4) is 6.07 Å². The van der Waals surface area contributed by atoms with Gasteiger partial charge in [-0.05, 0) is 54.7 Å². The van der Waals surface area contributed by atoms with Gasteiger partial charge in [0.05, 0.1) is 12.5 Å². The predicted molar refractivity (Wildman–Crippen MR) is 73.2 cm³/mol. The van der Waals surface area contributed by atoms with Gasteiger partial charge in [0.25, 0.3) is 0 Å². The van der Waals surface area contributed by atoms with Gasteiger partial charge >= 0.3 is 0 Å². The van der Waals surface area contributed by atoms with Crippen LogP contribution in [0.3, 0.4) is 0 Å². The number of rotatable bonds is 4. The Kier molecular flexibility index (Phi) is 3.23. The maximum absolute atomic E-state index is 8.63. The standard InChI is InChI=1S/C16H20N2/c17-8-7-12-2-5-16(6-3-12)18-11-15-10-13-1-4-14(15)9-13/h2-3,5-6,13-15,18H,1,4,7,9-11H2. The van der Waals surface area contributed by atoms with E-state index < -0.39 is 0 Å². The second kappa shape index (κ2) is 5.02. The van der Waals surface area contributed by atoms with Crippen molar-refractivity contribution in [2.75, 3.05) is 11.9 Å². The molecule has 2 fully saturated rings. The minimum Gasteiger partial charge on any atom is -0.385 e. The van der Waals surface area contributed by atoms with Crippen molar-refractivity contribution in [2.24, 2.45) is 17.8 Å². The summed E-state index contributed by atoms with van der Waals surface area (Å²) in [6.45, 7) is 1.12. The molecule has 0 amide bonds. The van der Waals surface area contributed by atoms with Gasteiger partial charge < -0.3 is 5.32 Å². The number of nitriles is 1. The molecule has 2 nitrogen and oxygen atoms in total. The molecular weight excluding hydrogens is 220 g/mol. The van der Waals surface area contributed by atoms with Gasteiger partial charge in [-0.1, -0.05) is 18.6 Å². The average Bonchev–Trinajstić information content (AvgIpc) is 3.00. The number of hydrogen-bond acceptors (Lipinski definition) is 2. The van der Waals surface area contributed by atoms with Gasteiger partial charge in [-0.25, -0.2) is 0 Å². The smallest absolute Gasteiger partial charge is 0.0669 e. The minimum atomic E-state index is 0.507. The number of nitrogens with one attached hydrogen (secondary N) is 1. The van der Waals surface area contributed by atoms with E-state index in [0.29, 0.717) is 6.42 Å². The first-order valence-electron chi connectivity index (χ1n) is 7.05. The molecular formula is C16H20N2. The Morgan fingerprint density at radius 3 is 2.61 bits per heavy atom. The summed E-state index contributed by atoms with van der Waals surface area (Å²) in [7, 11) is 0. The third-order valence-corrected chi connectivity index (χ3v) is 4.69. The summed E-state index contributed by atoms with van der Waals surface area (Å²) in [4.78, 5) is 0. The second-order valence-electron chi connectivity index (χ2n) is 5.85. The zero-order valence-electron chi connectivity index (χ0n) is 10.7. The number of nitrogens with zero attached hydrogens (tertiary/aromatic N) is 1. The van der Waals surface area contributed by atoms with Crippen LogP contribution in [-0.2, 0) is 6.42 Å². The van der Waals surface area contributed by atoms with Crippen LogP contribution in [0.2, 0.25) is 0 Å². The van der Waals surface area contributed by atoms with E-state index in [1.54, 1.807) is 0 Å². The lowest BCUT2D eigenvalue weighted by molar-refractivity contribution is 0.348. The molecule has 0 heterocycles. The molecule has 2 aliphatic rings. The monoisotopic (exact) mass is 240 g/mol. The highest BCUT2D eigenvalue weighted by atomic mass is 14.9. The lowest BCUT2D eigenvalue weighted by atomic mass is 9.89. The first kappa shape index (κ1) is 11.6. The highest BCUT2D eigenvalue weighted by Gasteiger charge is 2.38. The third-order valence-electron chi connectivity index (χ3n) is 4.69. The van der Waals surface area contributed by atoms with E-state index in [9.17, 15) is 0 Å². The second-order valence-corrected chi connectivity index (χ2v) is 5.85. The van der Waals surface area contributed by atoms with Crippen molar-refractivity contribution in [3.05, 3.63) is 29.8 Å². The summed E-state index contributed by atoms with van der Waals surface area (Å²) in [6, 6.07) is 10.5. The molecule has 2 heteroatoms. The number of fused-ring (bicyclic) bond motifs is 2. The summed E-state index contributed by atoms with van der Waals surface area (Å²) in [5.74, 6) is 2.91. The maximum atomic E-state index is 8.63. The predicted octanol–water partition coefficient (Wildman–Crippen LogP) is 3.60. The quantitative estimate of drug-likeness (QED) is 0.872. The lowest BCUT2D eigenvalue weighted by Crippen LogP contribution is -2.20. The van der Waals surface area contributed by atoms with Crippen LogP contribution in [0.1, 0.15) is 31.2 Å². The van der Waals surface area contributed by atoms with E-state index in [1.807, 2.05) is 12.1 Å². The Morgan fingerprint density at radius 1 is 1.17 bits per heavy atom. The van der Waals surface area contributed by atoms with Crippen molar-refractivity contribution in [3.63, 3.8) is 0 Å². The first-order valence-corrected chi connectivity index (χ1v) is 7.05. The third kappa shape index (κ3) is 2.36. The SMILES string of the molecule is N#CCc1ccc(NCC2CC3CCC2C3)cc1. The summed E-state index contributed by atoms with van der Waals surface area (Å²) >= 11 is 0. The summed E-state index contributed by atoms with van der Waals surface area (Å²) in [6.07, 6.45) is 6.35. The molecule has 2 bridgehead atoms. The van der Waals surface area contributed by atoms with E-state index in [4.69, 9.17) is 5.26 Å². The molecule has 1 N–H and O–H groups in total. The molecule has 18 heavy (non-hydrogen) atoms. The highest BCUT2D eigenvalue weighted by Crippen LogP contribution is 2.48. The molecule has 1 aromatic carbocycles. The van der Waals surface area contributed by atoms with E-state index in [-0.39, 0.29) is 0 Å². The molecule has 0 spiro atoms. The molecule has 1 aromatic rings. The Balaban J connectivity index is 1.52.